The van der Waals surface area contributed by atoms with Gasteiger partial charge < -0.3 is 20.5 Å². The first-order chi connectivity index (χ1) is 15.6. The lowest BCUT2D eigenvalue weighted by Gasteiger charge is -2.26. The first-order valence-electron chi connectivity index (χ1n) is 10.2. The van der Waals surface area contributed by atoms with Crippen LogP contribution in [0.3, 0.4) is 0 Å². The molecule has 0 radical (unpaired) electrons. The first kappa shape index (κ1) is 21.0. The van der Waals surface area contributed by atoms with Crippen LogP contribution in [0, 0.1) is 5.41 Å². The van der Waals surface area contributed by atoms with Crippen LogP contribution in [0.15, 0.2) is 54.6 Å². The van der Waals surface area contributed by atoms with Crippen molar-refractivity contribution in [2.45, 2.75) is 25.9 Å². The maximum Gasteiger partial charge on any atom is 0.291 e. The fourth-order valence-electron chi connectivity index (χ4n) is 3.15. The molecule has 0 bridgehead atoms. The third-order valence-corrected chi connectivity index (χ3v) is 4.69. The number of nitrogens with two attached hydrogens (primary N) is 1. The number of amides is 1. The zero-order valence-electron chi connectivity index (χ0n) is 17.3. The molecule has 1 fully saturated rings. The molecule has 3 aromatic rings. The normalized spacial score (nSPS) is 13.5. The van der Waals surface area contributed by atoms with Gasteiger partial charge in [0, 0.05) is 18.7 Å². The van der Waals surface area contributed by atoms with E-state index >= 15 is 0 Å². The number of nitrogens with zero attached hydrogens (tertiary/aromatic N) is 4. The van der Waals surface area contributed by atoms with Crippen molar-refractivity contribution in [2.75, 3.05) is 17.6 Å². The third kappa shape index (κ3) is 5.48. The summed E-state index contributed by atoms with van der Waals surface area (Å²) in [6.07, 6.45) is 2.11. The average Bonchev–Trinajstić information content (AvgIpc) is 2.79. The lowest BCUT2D eigenvalue weighted by molar-refractivity contribution is -0.130. The fraction of sp³-hybridized carbons (Fsp3) is 0.227. The summed E-state index contributed by atoms with van der Waals surface area (Å²) in [5, 5.41) is 11.1. The van der Waals surface area contributed by atoms with Crippen LogP contribution in [0.2, 0.25) is 0 Å². The fourth-order valence-corrected chi connectivity index (χ4v) is 3.15. The van der Waals surface area contributed by atoms with E-state index in [2.05, 4.69) is 20.3 Å². The van der Waals surface area contributed by atoms with Crippen LogP contribution in [0.4, 0.5) is 17.6 Å². The van der Waals surface area contributed by atoms with Crippen LogP contribution in [0.5, 0.6) is 11.5 Å². The molecule has 2 aromatic carbocycles. The number of nitrogen functional groups attached to an aromatic ring is 1. The number of piperidine rings is 1. The quantitative estimate of drug-likeness (QED) is 0.397. The van der Waals surface area contributed by atoms with Gasteiger partial charge in [0.1, 0.15) is 11.5 Å². The highest BCUT2D eigenvalue weighted by Gasteiger charge is 2.23. The molecule has 1 aliphatic heterocycles. The molecule has 10 nitrogen and oxygen atoms in total. The van der Waals surface area contributed by atoms with Gasteiger partial charge in [0.15, 0.2) is 12.4 Å². The van der Waals surface area contributed by atoms with Crippen molar-refractivity contribution in [3.63, 3.8) is 0 Å². The van der Waals surface area contributed by atoms with E-state index in [1.165, 1.54) is 4.90 Å². The zero-order valence-corrected chi connectivity index (χ0v) is 17.3. The average molecular weight is 433 g/mol. The Bertz CT molecular complexity index is 1090. The molecule has 1 aromatic heterocycles. The summed E-state index contributed by atoms with van der Waals surface area (Å²) in [6, 6.07) is 16.6. The van der Waals surface area contributed by atoms with Gasteiger partial charge in [-0.25, -0.2) is 0 Å². The third-order valence-electron chi connectivity index (χ3n) is 4.69. The molecular weight excluding hydrogens is 410 g/mol. The monoisotopic (exact) mass is 433 g/mol. The van der Waals surface area contributed by atoms with Crippen molar-refractivity contribution < 1.29 is 14.3 Å². The van der Waals surface area contributed by atoms with Crippen LogP contribution in [0.1, 0.15) is 25.1 Å². The predicted octanol–water partition coefficient (Wildman–Crippen LogP) is 3.45. The minimum Gasteiger partial charge on any atom is -0.457 e. The molecule has 0 atom stereocenters. The summed E-state index contributed by atoms with van der Waals surface area (Å²) in [7, 11) is 0. The molecule has 10 heteroatoms. The second kappa shape index (κ2) is 9.73. The van der Waals surface area contributed by atoms with Crippen LogP contribution in [0.25, 0.3) is 0 Å². The van der Waals surface area contributed by atoms with Gasteiger partial charge in [0.2, 0.25) is 17.8 Å². The van der Waals surface area contributed by atoms with Crippen LogP contribution >= 0.6 is 0 Å². The van der Waals surface area contributed by atoms with E-state index in [4.69, 9.17) is 20.6 Å². The number of hydrogen-bond donors (Lipinski definition) is 3. The minimum absolute atomic E-state index is 0.0192. The summed E-state index contributed by atoms with van der Waals surface area (Å²) in [5.74, 6) is 1.84. The molecule has 2 heterocycles. The van der Waals surface area contributed by atoms with Crippen molar-refractivity contribution in [2.24, 2.45) is 0 Å². The molecule has 1 aliphatic rings. The lowest BCUT2D eigenvalue weighted by Crippen LogP contribution is -2.41. The zero-order chi connectivity index (χ0) is 22.3. The molecule has 4 rings (SSSR count). The Morgan fingerprint density at radius 3 is 2.53 bits per heavy atom. The van der Waals surface area contributed by atoms with Gasteiger partial charge in [-0.05, 0) is 49.2 Å². The molecule has 1 amide bonds. The lowest BCUT2D eigenvalue weighted by atomic mass is 10.1. The molecule has 0 unspecified atom stereocenters. The number of ether oxygens (including phenoxy) is 2. The van der Waals surface area contributed by atoms with E-state index in [-0.39, 0.29) is 36.3 Å². The minimum atomic E-state index is -0.211. The smallest absolute Gasteiger partial charge is 0.291 e. The number of carbonyl (C=O) groups is 1. The number of amidine groups is 1. The van der Waals surface area contributed by atoms with Gasteiger partial charge in [-0.15, -0.1) is 0 Å². The van der Waals surface area contributed by atoms with E-state index in [1.54, 1.807) is 0 Å². The van der Waals surface area contributed by atoms with Gasteiger partial charge >= 0.3 is 0 Å². The highest BCUT2D eigenvalue weighted by atomic mass is 16.5. The number of likely N-dealkylation sites (tertiary alicyclic amines) is 1. The Hall–Kier alpha value is -4.21. The summed E-state index contributed by atoms with van der Waals surface area (Å²) >= 11 is 0. The molecular formula is C22H23N7O3. The van der Waals surface area contributed by atoms with Crippen molar-refractivity contribution in [3.05, 3.63) is 60.4 Å². The largest absolute Gasteiger partial charge is 0.457 e. The highest BCUT2D eigenvalue weighted by Crippen LogP contribution is 2.23. The second-order valence-corrected chi connectivity index (χ2v) is 7.09. The Morgan fingerprint density at radius 2 is 1.78 bits per heavy atom. The van der Waals surface area contributed by atoms with Crippen molar-refractivity contribution in [3.8, 4) is 11.5 Å². The standard InChI is InChI=1S/C22H23N7O3/c23-20-26-18(14-31-21(24)29-13-5-4-8-19(29)30)27-22(28-20)25-15-9-11-17(12-10-15)32-16-6-2-1-3-7-16/h1-3,6-7,9-12,24H,4-5,8,13-14H2,(H3,23,25,26,27,28). The van der Waals surface area contributed by atoms with E-state index in [9.17, 15) is 4.79 Å². The number of aromatic nitrogens is 3. The molecule has 4 N–H and O–H groups in total. The van der Waals surface area contributed by atoms with Crippen molar-refractivity contribution in [1.82, 2.24) is 19.9 Å². The Labute approximate surface area is 184 Å². The second-order valence-electron chi connectivity index (χ2n) is 7.09. The van der Waals surface area contributed by atoms with E-state index < -0.39 is 0 Å². The number of anilines is 3. The number of carbonyl (C=O) groups excluding carboxylic acids is 1. The van der Waals surface area contributed by atoms with Gasteiger partial charge in [-0.1, -0.05) is 18.2 Å². The van der Waals surface area contributed by atoms with Crippen LogP contribution in [-0.2, 0) is 16.1 Å². The summed E-state index contributed by atoms with van der Waals surface area (Å²) in [4.78, 5) is 25.7. The summed E-state index contributed by atoms with van der Waals surface area (Å²) in [6.45, 7) is 0.377. The van der Waals surface area contributed by atoms with Gasteiger partial charge in [0.25, 0.3) is 6.02 Å². The molecule has 32 heavy (non-hydrogen) atoms. The Kier molecular flexibility index (Phi) is 6.40. The van der Waals surface area contributed by atoms with E-state index in [0.717, 1.165) is 24.3 Å². The number of rotatable bonds is 6. The number of hydrogen-bond acceptors (Lipinski definition) is 9. The van der Waals surface area contributed by atoms with E-state index in [1.807, 2.05) is 54.6 Å². The van der Waals surface area contributed by atoms with Crippen LogP contribution in [-0.4, -0.2) is 38.3 Å². The van der Waals surface area contributed by atoms with Crippen LogP contribution < -0.4 is 15.8 Å². The number of nitrogens with one attached hydrogen (secondary N) is 2. The van der Waals surface area contributed by atoms with Crippen molar-refractivity contribution >= 4 is 29.5 Å². The van der Waals surface area contributed by atoms with Crippen molar-refractivity contribution in [1.29, 1.82) is 5.41 Å². The number of benzene rings is 2. The highest BCUT2D eigenvalue weighted by molar-refractivity contribution is 5.93. The van der Waals surface area contributed by atoms with Gasteiger partial charge in [-0.2, -0.15) is 15.0 Å². The Balaban J connectivity index is 1.37. The molecule has 1 saturated heterocycles. The maximum absolute atomic E-state index is 11.9. The molecule has 0 saturated carbocycles. The Morgan fingerprint density at radius 1 is 1.03 bits per heavy atom. The van der Waals surface area contributed by atoms with E-state index in [0.29, 0.717) is 18.7 Å². The van der Waals surface area contributed by atoms with Gasteiger partial charge in [-0.3, -0.25) is 15.1 Å². The molecule has 0 aliphatic carbocycles. The summed E-state index contributed by atoms with van der Waals surface area (Å²) in [5.41, 5.74) is 6.53. The summed E-state index contributed by atoms with van der Waals surface area (Å²) < 4.78 is 11.2. The topological polar surface area (TPSA) is 139 Å². The predicted molar refractivity (Wildman–Crippen MR) is 119 cm³/mol. The van der Waals surface area contributed by atoms with Gasteiger partial charge in [0.05, 0.1) is 0 Å². The maximum atomic E-state index is 11.9. The molecule has 0 spiro atoms. The number of para-hydroxylation sites is 1. The SMILES string of the molecule is N=C(OCc1nc(N)nc(Nc2ccc(Oc3ccccc3)cc2)n1)N1CCCCC1=O. The molecule has 164 valence electrons. The first-order valence-corrected chi connectivity index (χ1v) is 10.2.